The number of furan rings is 1. The highest BCUT2D eigenvalue weighted by molar-refractivity contribution is 5.91. The molecule has 0 bridgehead atoms. The Hall–Kier alpha value is -3.10. The van der Waals surface area contributed by atoms with E-state index in [9.17, 15) is 13.6 Å². The van der Waals surface area contributed by atoms with Crippen LogP contribution in [0.5, 0.6) is 0 Å². The fourth-order valence-corrected chi connectivity index (χ4v) is 4.16. The number of anilines is 1. The van der Waals surface area contributed by atoms with E-state index in [2.05, 4.69) is 20.1 Å². The van der Waals surface area contributed by atoms with Gasteiger partial charge in [0.25, 0.3) is 5.91 Å². The van der Waals surface area contributed by atoms with Crippen LogP contribution >= 0.6 is 0 Å². The molecule has 1 aromatic heterocycles. The van der Waals surface area contributed by atoms with E-state index in [0.29, 0.717) is 43.5 Å². The van der Waals surface area contributed by atoms with Crippen LogP contribution in [0.25, 0.3) is 0 Å². The van der Waals surface area contributed by atoms with E-state index in [-0.39, 0.29) is 5.91 Å². The Morgan fingerprint density at radius 1 is 1.13 bits per heavy atom. The van der Waals surface area contributed by atoms with Crippen molar-refractivity contribution in [3.63, 3.8) is 0 Å². The molecule has 2 aromatic rings. The molecule has 0 radical (unpaired) electrons. The van der Waals surface area contributed by atoms with E-state index in [1.165, 1.54) is 18.4 Å². The number of aliphatic imine (C=N–C) groups is 1. The molecule has 1 aromatic carbocycles. The fourth-order valence-electron chi connectivity index (χ4n) is 4.16. The number of nitrogens with zero attached hydrogens (tertiary/aromatic N) is 4. The Bertz CT molecular complexity index is 926. The van der Waals surface area contributed by atoms with E-state index in [4.69, 9.17) is 4.42 Å². The van der Waals surface area contributed by atoms with E-state index in [1.807, 2.05) is 0 Å². The highest BCUT2D eigenvalue weighted by Crippen LogP contribution is 2.25. The first-order chi connectivity index (χ1) is 15.0. The van der Waals surface area contributed by atoms with Gasteiger partial charge in [0, 0.05) is 64.6 Å². The smallest absolute Gasteiger partial charge is 0.289 e. The first kappa shape index (κ1) is 21.1. The number of rotatable bonds is 4. The van der Waals surface area contributed by atoms with Gasteiger partial charge in [-0.25, -0.2) is 8.78 Å². The van der Waals surface area contributed by atoms with Crippen LogP contribution in [0.4, 0.5) is 14.5 Å². The maximum Gasteiger partial charge on any atom is 0.289 e. The van der Waals surface area contributed by atoms with Gasteiger partial charge in [-0.15, -0.1) is 0 Å². The van der Waals surface area contributed by atoms with Gasteiger partial charge >= 0.3 is 0 Å². The lowest BCUT2D eigenvalue weighted by atomic mass is 10.1. The Balaban J connectivity index is 1.25. The minimum Gasteiger partial charge on any atom is -0.459 e. The summed E-state index contributed by atoms with van der Waals surface area (Å²) in [4.78, 5) is 22.8. The van der Waals surface area contributed by atoms with Gasteiger partial charge in [0.05, 0.1) is 6.26 Å². The molecule has 7 nitrogen and oxygen atoms in total. The lowest BCUT2D eigenvalue weighted by molar-refractivity contribution is 0.0657. The Morgan fingerprint density at radius 2 is 1.90 bits per heavy atom. The third-order valence-electron chi connectivity index (χ3n) is 5.91. The average Bonchev–Trinajstić information content (AvgIpc) is 3.48. The van der Waals surface area contributed by atoms with Gasteiger partial charge in [-0.2, -0.15) is 0 Å². The summed E-state index contributed by atoms with van der Waals surface area (Å²) >= 11 is 0. The van der Waals surface area contributed by atoms with Crippen molar-refractivity contribution < 1.29 is 18.0 Å². The number of hydrogen-bond donors (Lipinski definition) is 1. The standard InChI is InChI=1S/C22H27F2N5O2/c1-25-22(28-10-8-27(9-11-28)21(30)20-3-2-12-31-20)26-14-16-6-7-29(15-16)17-4-5-18(23)19(24)13-17/h2-5,12-13,16H,6-11,14-15H2,1H3,(H,25,26). The highest BCUT2D eigenvalue weighted by Gasteiger charge is 2.27. The minimum absolute atomic E-state index is 0.0872. The molecule has 166 valence electrons. The van der Waals surface area contributed by atoms with Gasteiger partial charge in [0.1, 0.15) is 0 Å². The molecule has 1 unspecified atom stereocenters. The molecular formula is C22H27F2N5O2. The normalized spacial score (nSPS) is 19.8. The van der Waals surface area contributed by atoms with Gasteiger partial charge in [-0.05, 0) is 36.6 Å². The number of halogens is 2. The predicted molar refractivity (Wildman–Crippen MR) is 114 cm³/mol. The zero-order chi connectivity index (χ0) is 21.8. The molecule has 0 aliphatic carbocycles. The van der Waals surface area contributed by atoms with Crippen molar-refractivity contribution in [3.8, 4) is 0 Å². The van der Waals surface area contributed by atoms with Crippen molar-refractivity contribution in [1.29, 1.82) is 0 Å². The molecule has 1 atom stereocenters. The number of carbonyl (C=O) groups excluding carboxylic acids is 1. The third-order valence-corrected chi connectivity index (χ3v) is 5.91. The molecule has 0 spiro atoms. The van der Waals surface area contributed by atoms with E-state index >= 15 is 0 Å². The number of piperazine rings is 1. The second-order valence-electron chi connectivity index (χ2n) is 7.88. The summed E-state index contributed by atoms with van der Waals surface area (Å²) in [6.45, 7) is 4.93. The second kappa shape index (κ2) is 9.36. The molecule has 1 amide bonds. The summed E-state index contributed by atoms with van der Waals surface area (Å²) in [6, 6.07) is 7.45. The summed E-state index contributed by atoms with van der Waals surface area (Å²) in [6.07, 6.45) is 2.47. The second-order valence-corrected chi connectivity index (χ2v) is 7.88. The molecule has 1 N–H and O–H groups in total. The maximum atomic E-state index is 13.5. The molecule has 31 heavy (non-hydrogen) atoms. The largest absolute Gasteiger partial charge is 0.459 e. The molecule has 2 saturated heterocycles. The van der Waals surface area contributed by atoms with Crippen LogP contribution in [0.1, 0.15) is 17.0 Å². The lowest BCUT2D eigenvalue weighted by Gasteiger charge is -2.36. The molecule has 2 aliphatic heterocycles. The molecule has 2 aliphatic rings. The maximum absolute atomic E-state index is 13.5. The highest BCUT2D eigenvalue weighted by atomic mass is 19.2. The summed E-state index contributed by atoms with van der Waals surface area (Å²) in [5.74, 6) is -0.165. The first-order valence-corrected chi connectivity index (χ1v) is 10.5. The Kier molecular flexibility index (Phi) is 6.39. The monoisotopic (exact) mass is 431 g/mol. The zero-order valence-electron chi connectivity index (χ0n) is 17.6. The van der Waals surface area contributed by atoms with Crippen LogP contribution < -0.4 is 10.2 Å². The van der Waals surface area contributed by atoms with E-state index < -0.39 is 11.6 Å². The third kappa shape index (κ3) is 4.81. The van der Waals surface area contributed by atoms with Gasteiger partial charge in [-0.3, -0.25) is 9.79 Å². The molecule has 3 heterocycles. The first-order valence-electron chi connectivity index (χ1n) is 10.5. The van der Waals surface area contributed by atoms with Crippen LogP contribution in [0.15, 0.2) is 46.0 Å². The summed E-state index contributed by atoms with van der Waals surface area (Å²) in [5.41, 5.74) is 0.711. The number of amides is 1. The van der Waals surface area contributed by atoms with Crippen LogP contribution in [-0.4, -0.2) is 74.5 Å². The summed E-state index contributed by atoms with van der Waals surface area (Å²) < 4.78 is 31.9. The van der Waals surface area contributed by atoms with Crippen molar-refractivity contribution in [3.05, 3.63) is 54.0 Å². The van der Waals surface area contributed by atoms with Crippen molar-refractivity contribution in [2.75, 3.05) is 57.8 Å². The van der Waals surface area contributed by atoms with E-state index in [1.54, 1.807) is 30.1 Å². The molecule has 0 saturated carbocycles. The molecule has 4 rings (SSSR count). The van der Waals surface area contributed by atoms with Crippen molar-refractivity contribution in [2.45, 2.75) is 6.42 Å². The van der Waals surface area contributed by atoms with Crippen LogP contribution in [0.2, 0.25) is 0 Å². The summed E-state index contributed by atoms with van der Waals surface area (Å²) in [7, 11) is 1.75. The topological polar surface area (TPSA) is 64.3 Å². The van der Waals surface area contributed by atoms with Gasteiger partial charge < -0.3 is 24.4 Å². The number of guanidine groups is 1. The molecule has 9 heteroatoms. The van der Waals surface area contributed by atoms with Crippen LogP contribution in [0.3, 0.4) is 0 Å². The molecule has 2 fully saturated rings. The number of nitrogens with one attached hydrogen (secondary N) is 1. The number of hydrogen-bond acceptors (Lipinski definition) is 4. The fraction of sp³-hybridized carbons (Fsp3) is 0.455. The van der Waals surface area contributed by atoms with Crippen LogP contribution in [-0.2, 0) is 0 Å². The van der Waals surface area contributed by atoms with Crippen molar-refractivity contribution in [2.24, 2.45) is 10.9 Å². The quantitative estimate of drug-likeness (QED) is 0.595. The Morgan fingerprint density at radius 3 is 2.58 bits per heavy atom. The minimum atomic E-state index is -0.823. The van der Waals surface area contributed by atoms with Crippen LogP contribution in [0, 0.1) is 17.6 Å². The summed E-state index contributed by atoms with van der Waals surface area (Å²) in [5, 5.41) is 3.44. The van der Waals surface area contributed by atoms with Gasteiger partial charge in [0.2, 0.25) is 0 Å². The SMILES string of the molecule is CN=C(NCC1CCN(c2ccc(F)c(F)c2)C1)N1CCN(C(=O)c2ccco2)CC1. The lowest BCUT2D eigenvalue weighted by Crippen LogP contribution is -2.54. The predicted octanol–water partition coefficient (Wildman–Crippen LogP) is 2.42. The molecular weight excluding hydrogens is 404 g/mol. The van der Waals surface area contributed by atoms with Gasteiger partial charge in [-0.1, -0.05) is 0 Å². The van der Waals surface area contributed by atoms with Gasteiger partial charge in [0.15, 0.2) is 23.4 Å². The van der Waals surface area contributed by atoms with E-state index in [0.717, 1.165) is 32.0 Å². The number of benzene rings is 1. The zero-order valence-corrected chi connectivity index (χ0v) is 17.6. The Labute approximate surface area is 180 Å². The average molecular weight is 431 g/mol. The number of carbonyl (C=O) groups is 1. The van der Waals surface area contributed by atoms with Crippen molar-refractivity contribution >= 4 is 17.6 Å². The van der Waals surface area contributed by atoms with Crippen molar-refractivity contribution in [1.82, 2.24) is 15.1 Å².